The molecule has 2 heterocycles. The Labute approximate surface area is 166 Å². The number of aryl methyl sites for hydroxylation is 2. The fraction of sp³-hybridized carbons (Fsp3) is 0.556. The number of thiophene rings is 1. The van der Waals surface area contributed by atoms with Gasteiger partial charge >= 0.3 is 0 Å². The van der Waals surface area contributed by atoms with E-state index < -0.39 is 0 Å². The third-order valence-electron chi connectivity index (χ3n) is 4.65. The van der Waals surface area contributed by atoms with Crippen LogP contribution < -0.4 is 10.9 Å². The first kappa shape index (κ1) is 19.9. The lowest BCUT2D eigenvalue weighted by molar-refractivity contribution is -0.132. The summed E-state index contributed by atoms with van der Waals surface area (Å²) in [7, 11) is 3.13. The number of nitrogens with one attached hydrogen (secondary N) is 1. The molecule has 0 unspecified atom stereocenters. The quantitative estimate of drug-likeness (QED) is 0.556. The first-order valence-electron chi connectivity index (χ1n) is 9.08. The van der Waals surface area contributed by atoms with E-state index in [1.807, 2.05) is 6.92 Å². The van der Waals surface area contributed by atoms with Gasteiger partial charge in [0.25, 0.3) is 5.56 Å². The Morgan fingerprint density at radius 2 is 2.15 bits per heavy atom. The van der Waals surface area contributed by atoms with Crippen LogP contribution in [0, 0.1) is 0 Å². The Bertz CT molecular complexity index is 935. The molecule has 2 aromatic heterocycles. The summed E-state index contributed by atoms with van der Waals surface area (Å²) in [5.74, 6) is -0.249. The van der Waals surface area contributed by atoms with Crippen molar-refractivity contribution >= 4 is 45.1 Å². The molecule has 2 aromatic rings. The molecule has 0 saturated carbocycles. The van der Waals surface area contributed by atoms with Gasteiger partial charge in [0.1, 0.15) is 4.83 Å². The van der Waals surface area contributed by atoms with Gasteiger partial charge in [-0.05, 0) is 31.2 Å². The first-order chi connectivity index (χ1) is 13.0. The average molecular weight is 409 g/mol. The fourth-order valence-corrected chi connectivity index (χ4v) is 5.48. The highest BCUT2D eigenvalue weighted by Gasteiger charge is 2.23. The number of likely N-dealkylation sites (N-methyl/N-ethyl adjacent to an activating group) is 2. The van der Waals surface area contributed by atoms with Crippen molar-refractivity contribution in [2.24, 2.45) is 0 Å². The van der Waals surface area contributed by atoms with Gasteiger partial charge in [0.2, 0.25) is 11.8 Å². The zero-order valence-corrected chi connectivity index (χ0v) is 17.5. The van der Waals surface area contributed by atoms with E-state index >= 15 is 0 Å². The zero-order chi connectivity index (χ0) is 19.6. The van der Waals surface area contributed by atoms with Gasteiger partial charge in [0, 0.05) is 25.5 Å². The highest BCUT2D eigenvalue weighted by molar-refractivity contribution is 7.99. The SMILES string of the molecule is CCCn1c(SCC(=O)N(C)CC(=O)NC)nc2sc3c(c2c1=O)CCC3. The lowest BCUT2D eigenvalue weighted by Gasteiger charge is -2.16. The van der Waals surface area contributed by atoms with Gasteiger partial charge in [-0.15, -0.1) is 11.3 Å². The smallest absolute Gasteiger partial charge is 0.263 e. The minimum Gasteiger partial charge on any atom is -0.358 e. The number of rotatable bonds is 7. The van der Waals surface area contributed by atoms with Gasteiger partial charge in [-0.1, -0.05) is 18.7 Å². The van der Waals surface area contributed by atoms with E-state index in [2.05, 4.69) is 5.32 Å². The Morgan fingerprint density at radius 1 is 1.37 bits per heavy atom. The molecule has 0 saturated heterocycles. The molecule has 0 aromatic carbocycles. The molecule has 146 valence electrons. The van der Waals surface area contributed by atoms with Crippen LogP contribution in [0.5, 0.6) is 0 Å². The van der Waals surface area contributed by atoms with E-state index in [9.17, 15) is 14.4 Å². The number of carbonyl (C=O) groups excluding carboxylic acids is 2. The molecule has 0 spiro atoms. The maximum Gasteiger partial charge on any atom is 0.263 e. The molecule has 7 nitrogen and oxygen atoms in total. The van der Waals surface area contributed by atoms with Gasteiger partial charge in [-0.2, -0.15) is 0 Å². The number of amides is 2. The third-order valence-corrected chi connectivity index (χ3v) is 6.79. The topological polar surface area (TPSA) is 84.3 Å². The molecule has 9 heteroatoms. The van der Waals surface area contributed by atoms with Gasteiger partial charge in [-0.3, -0.25) is 19.0 Å². The van der Waals surface area contributed by atoms with E-state index in [1.54, 1.807) is 23.0 Å². The van der Waals surface area contributed by atoms with Crippen LogP contribution in [-0.4, -0.2) is 52.7 Å². The standard InChI is InChI=1S/C18H24N4O3S2/c1-4-8-22-17(25)15-11-6-5-7-12(11)27-16(15)20-18(22)26-10-14(24)21(3)9-13(23)19-2/h4-10H2,1-3H3,(H,19,23). The van der Waals surface area contributed by atoms with E-state index in [0.29, 0.717) is 11.7 Å². The van der Waals surface area contributed by atoms with Crippen LogP contribution >= 0.6 is 23.1 Å². The second-order valence-electron chi connectivity index (χ2n) is 6.60. The summed E-state index contributed by atoms with van der Waals surface area (Å²) in [5.41, 5.74) is 1.19. The number of thioether (sulfide) groups is 1. The molecule has 0 aliphatic heterocycles. The number of hydrogen-bond donors (Lipinski definition) is 1. The molecule has 0 fully saturated rings. The van der Waals surface area contributed by atoms with Crippen molar-refractivity contribution in [3.8, 4) is 0 Å². The van der Waals surface area contributed by atoms with Crippen molar-refractivity contribution in [2.45, 2.75) is 44.3 Å². The summed E-state index contributed by atoms with van der Waals surface area (Å²) < 4.78 is 1.70. The minimum atomic E-state index is -0.216. The summed E-state index contributed by atoms with van der Waals surface area (Å²) in [5, 5.41) is 3.85. The minimum absolute atomic E-state index is 0.00918. The Kier molecular flexibility index (Phi) is 6.21. The van der Waals surface area contributed by atoms with Gasteiger partial charge in [0.05, 0.1) is 17.7 Å². The van der Waals surface area contributed by atoms with Crippen LogP contribution in [0.4, 0.5) is 0 Å². The van der Waals surface area contributed by atoms with Crippen LogP contribution in [0.25, 0.3) is 10.2 Å². The monoisotopic (exact) mass is 408 g/mol. The van der Waals surface area contributed by atoms with Crippen LogP contribution in [-0.2, 0) is 29.0 Å². The zero-order valence-electron chi connectivity index (χ0n) is 15.8. The molecule has 0 radical (unpaired) electrons. The summed E-state index contributed by atoms with van der Waals surface area (Å²) in [6.07, 6.45) is 3.90. The fourth-order valence-electron chi connectivity index (χ4n) is 3.21. The van der Waals surface area contributed by atoms with Gasteiger partial charge in [-0.25, -0.2) is 4.98 Å². The highest BCUT2D eigenvalue weighted by Crippen LogP contribution is 2.35. The van der Waals surface area contributed by atoms with E-state index in [-0.39, 0.29) is 29.7 Å². The van der Waals surface area contributed by atoms with Gasteiger partial charge < -0.3 is 10.2 Å². The molecule has 27 heavy (non-hydrogen) atoms. The second-order valence-corrected chi connectivity index (χ2v) is 8.63. The predicted octanol–water partition coefficient (Wildman–Crippen LogP) is 1.65. The molecule has 1 aliphatic carbocycles. The summed E-state index contributed by atoms with van der Waals surface area (Å²) in [4.78, 5) is 45.0. The maximum atomic E-state index is 13.1. The van der Waals surface area contributed by atoms with Crippen molar-refractivity contribution < 1.29 is 9.59 Å². The van der Waals surface area contributed by atoms with Crippen LogP contribution in [0.15, 0.2) is 9.95 Å². The summed E-state index contributed by atoms with van der Waals surface area (Å²) in [6.45, 7) is 2.62. The Balaban J connectivity index is 1.85. The second kappa shape index (κ2) is 8.43. The number of carbonyl (C=O) groups is 2. The van der Waals surface area contributed by atoms with Crippen molar-refractivity contribution in [1.82, 2.24) is 19.8 Å². The molecule has 0 atom stereocenters. The van der Waals surface area contributed by atoms with Crippen molar-refractivity contribution in [3.05, 3.63) is 20.8 Å². The van der Waals surface area contributed by atoms with Gasteiger partial charge in [0.15, 0.2) is 5.16 Å². The molecule has 2 amide bonds. The number of aromatic nitrogens is 2. The molecular weight excluding hydrogens is 384 g/mol. The Morgan fingerprint density at radius 3 is 2.85 bits per heavy atom. The van der Waals surface area contributed by atoms with Crippen molar-refractivity contribution in [3.63, 3.8) is 0 Å². The first-order valence-corrected chi connectivity index (χ1v) is 10.9. The van der Waals surface area contributed by atoms with E-state index in [0.717, 1.165) is 35.9 Å². The Hall–Kier alpha value is -1.87. The van der Waals surface area contributed by atoms with E-state index in [1.165, 1.54) is 34.2 Å². The molecular formula is C18H24N4O3S2. The third kappa shape index (κ3) is 4.03. The molecule has 1 aliphatic rings. The van der Waals surface area contributed by atoms with Crippen LogP contribution in [0.2, 0.25) is 0 Å². The lowest BCUT2D eigenvalue weighted by atomic mass is 10.2. The summed E-state index contributed by atoms with van der Waals surface area (Å²) >= 11 is 2.87. The van der Waals surface area contributed by atoms with Crippen LogP contribution in [0.3, 0.4) is 0 Å². The number of hydrogen-bond acceptors (Lipinski definition) is 6. The van der Waals surface area contributed by atoms with Crippen molar-refractivity contribution in [2.75, 3.05) is 26.4 Å². The number of nitrogens with zero attached hydrogens (tertiary/aromatic N) is 3. The highest BCUT2D eigenvalue weighted by atomic mass is 32.2. The molecule has 3 rings (SSSR count). The van der Waals surface area contributed by atoms with E-state index in [4.69, 9.17) is 4.98 Å². The maximum absolute atomic E-state index is 13.1. The summed E-state index contributed by atoms with van der Waals surface area (Å²) in [6, 6.07) is 0. The normalized spacial score (nSPS) is 13.0. The number of fused-ring (bicyclic) bond motifs is 3. The molecule has 1 N–H and O–H groups in total. The lowest BCUT2D eigenvalue weighted by Crippen LogP contribution is -2.37. The largest absolute Gasteiger partial charge is 0.358 e. The molecule has 0 bridgehead atoms. The average Bonchev–Trinajstić information content (AvgIpc) is 3.22. The van der Waals surface area contributed by atoms with Crippen LogP contribution in [0.1, 0.15) is 30.2 Å². The van der Waals surface area contributed by atoms with Crippen molar-refractivity contribution in [1.29, 1.82) is 0 Å². The predicted molar refractivity (Wildman–Crippen MR) is 109 cm³/mol.